The first-order valence-corrected chi connectivity index (χ1v) is 10.0. The molecule has 1 fully saturated rings. The standard InChI is InChI=1S/C26H28/c1-2-3-7-20-24-25(21-14-8-4-9-15-21)26(24,22-16-10-5-11-17-22)23-18-12-6-13-19-23/h4-6,8-19,24-25H,2-3,7,20H2,1H3/t24?,25-/m0/s1. The van der Waals surface area contributed by atoms with Gasteiger partial charge in [0.15, 0.2) is 0 Å². The van der Waals surface area contributed by atoms with Gasteiger partial charge in [-0.05, 0) is 29.0 Å². The second-order valence-corrected chi connectivity index (χ2v) is 7.59. The van der Waals surface area contributed by atoms with Crippen molar-refractivity contribution in [2.75, 3.05) is 0 Å². The molecule has 2 atom stereocenters. The van der Waals surface area contributed by atoms with E-state index < -0.39 is 0 Å². The van der Waals surface area contributed by atoms with E-state index in [0.29, 0.717) is 11.8 Å². The van der Waals surface area contributed by atoms with E-state index in [2.05, 4.69) is 97.9 Å². The van der Waals surface area contributed by atoms with Gasteiger partial charge >= 0.3 is 0 Å². The Morgan fingerprint density at radius 3 is 1.65 bits per heavy atom. The second kappa shape index (κ2) is 7.50. The largest absolute Gasteiger partial charge is 0.0654 e. The van der Waals surface area contributed by atoms with Crippen molar-refractivity contribution in [3.05, 3.63) is 108 Å². The Bertz CT molecular complexity index is 765. The summed E-state index contributed by atoms with van der Waals surface area (Å²) in [4.78, 5) is 0. The van der Waals surface area contributed by atoms with Crippen LogP contribution in [0, 0.1) is 5.92 Å². The highest BCUT2D eigenvalue weighted by Gasteiger charge is 2.65. The molecule has 0 bridgehead atoms. The van der Waals surface area contributed by atoms with Crippen molar-refractivity contribution < 1.29 is 0 Å². The minimum absolute atomic E-state index is 0.123. The Morgan fingerprint density at radius 1 is 0.654 bits per heavy atom. The van der Waals surface area contributed by atoms with Crippen LogP contribution in [0.2, 0.25) is 0 Å². The van der Waals surface area contributed by atoms with Gasteiger partial charge in [0.25, 0.3) is 0 Å². The number of hydrogen-bond acceptors (Lipinski definition) is 0. The zero-order valence-corrected chi connectivity index (χ0v) is 15.6. The van der Waals surface area contributed by atoms with Crippen molar-refractivity contribution in [1.82, 2.24) is 0 Å². The van der Waals surface area contributed by atoms with Crippen molar-refractivity contribution in [3.63, 3.8) is 0 Å². The quantitative estimate of drug-likeness (QED) is 0.407. The fraction of sp³-hybridized carbons (Fsp3) is 0.308. The first kappa shape index (κ1) is 17.1. The van der Waals surface area contributed by atoms with Crippen LogP contribution >= 0.6 is 0 Å². The third kappa shape index (κ3) is 2.88. The van der Waals surface area contributed by atoms with Gasteiger partial charge in [-0.1, -0.05) is 117 Å². The molecule has 0 N–H and O–H groups in total. The van der Waals surface area contributed by atoms with Crippen molar-refractivity contribution >= 4 is 0 Å². The first-order valence-electron chi connectivity index (χ1n) is 10.0. The Hall–Kier alpha value is -2.34. The maximum Gasteiger partial charge on any atom is 0.0308 e. The summed E-state index contributed by atoms with van der Waals surface area (Å²) in [5.74, 6) is 1.26. The number of unbranched alkanes of at least 4 members (excludes halogenated alkanes) is 2. The van der Waals surface area contributed by atoms with E-state index >= 15 is 0 Å². The zero-order valence-electron chi connectivity index (χ0n) is 15.6. The monoisotopic (exact) mass is 340 g/mol. The van der Waals surface area contributed by atoms with E-state index in [4.69, 9.17) is 0 Å². The summed E-state index contributed by atoms with van der Waals surface area (Å²) in [6.07, 6.45) is 5.24. The molecule has 0 aliphatic heterocycles. The Balaban J connectivity index is 1.82. The van der Waals surface area contributed by atoms with Crippen LogP contribution in [-0.2, 0) is 5.41 Å². The van der Waals surface area contributed by atoms with Crippen LogP contribution in [0.15, 0.2) is 91.0 Å². The van der Waals surface area contributed by atoms with Gasteiger partial charge in [-0.15, -0.1) is 0 Å². The molecule has 0 saturated heterocycles. The Kier molecular flexibility index (Phi) is 4.93. The molecule has 1 unspecified atom stereocenters. The summed E-state index contributed by atoms with van der Waals surface area (Å²) in [6.45, 7) is 2.29. The third-order valence-corrected chi connectivity index (χ3v) is 6.15. The minimum atomic E-state index is 0.123. The van der Waals surface area contributed by atoms with Gasteiger partial charge in [0, 0.05) is 11.3 Å². The van der Waals surface area contributed by atoms with Crippen molar-refractivity contribution in [2.45, 2.75) is 43.9 Å². The highest BCUT2D eigenvalue weighted by Crippen LogP contribution is 2.70. The topological polar surface area (TPSA) is 0 Å². The number of benzene rings is 3. The molecule has 0 heteroatoms. The van der Waals surface area contributed by atoms with E-state index in [0.717, 1.165) is 0 Å². The smallest absolute Gasteiger partial charge is 0.0308 e. The van der Waals surface area contributed by atoms with E-state index in [1.807, 2.05) is 0 Å². The van der Waals surface area contributed by atoms with Gasteiger partial charge < -0.3 is 0 Å². The molecule has 1 aliphatic carbocycles. The van der Waals surface area contributed by atoms with E-state index in [1.165, 1.54) is 42.4 Å². The van der Waals surface area contributed by atoms with Gasteiger partial charge in [0.1, 0.15) is 0 Å². The third-order valence-electron chi connectivity index (χ3n) is 6.15. The van der Waals surface area contributed by atoms with Crippen LogP contribution < -0.4 is 0 Å². The number of hydrogen-bond donors (Lipinski definition) is 0. The second-order valence-electron chi connectivity index (χ2n) is 7.59. The van der Waals surface area contributed by atoms with Gasteiger partial charge in [0.05, 0.1) is 0 Å². The fourth-order valence-corrected chi connectivity index (χ4v) is 5.01. The highest BCUT2D eigenvalue weighted by atomic mass is 14.7. The normalized spacial score (nSPS) is 20.7. The lowest BCUT2D eigenvalue weighted by molar-refractivity contribution is 0.575. The molecule has 0 radical (unpaired) electrons. The summed E-state index contributed by atoms with van der Waals surface area (Å²) in [6, 6.07) is 33.6. The lowest BCUT2D eigenvalue weighted by Gasteiger charge is -2.21. The molecule has 4 rings (SSSR count). The molecule has 0 spiro atoms. The van der Waals surface area contributed by atoms with Crippen LogP contribution in [0.5, 0.6) is 0 Å². The van der Waals surface area contributed by atoms with Crippen LogP contribution in [0.1, 0.15) is 55.2 Å². The summed E-state index contributed by atoms with van der Waals surface area (Å²) < 4.78 is 0. The highest BCUT2D eigenvalue weighted by molar-refractivity contribution is 5.55. The molecule has 132 valence electrons. The Morgan fingerprint density at radius 2 is 1.15 bits per heavy atom. The molecule has 0 heterocycles. The molecule has 0 nitrogen and oxygen atoms in total. The van der Waals surface area contributed by atoms with Crippen molar-refractivity contribution in [3.8, 4) is 0 Å². The fourth-order valence-electron chi connectivity index (χ4n) is 5.01. The van der Waals surface area contributed by atoms with Crippen molar-refractivity contribution in [1.29, 1.82) is 0 Å². The SMILES string of the molecule is CCCCCC1[C@H](c2ccccc2)C1(c1ccccc1)c1ccccc1. The van der Waals surface area contributed by atoms with Crippen LogP contribution in [0.3, 0.4) is 0 Å². The van der Waals surface area contributed by atoms with E-state index in [9.17, 15) is 0 Å². The summed E-state index contributed by atoms with van der Waals surface area (Å²) >= 11 is 0. The van der Waals surface area contributed by atoms with Crippen LogP contribution in [-0.4, -0.2) is 0 Å². The van der Waals surface area contributed by atoms with E-state index in [1.54, 1.807) is 0 Å². The van der Waals surface area contributed by atoms with Crippen LogP contribution in [0.4, 0.5) is 0 Å². The number of rotatable bonds is 7. The molecule has 3 aromatic rings. The molecule has 0 aromatic heterocycles. The Labute approximate surface area is 157 Å². The maximum atomic E-state index is 2.34. The predicted octanol–water partition coefficient (Wildman–Crippen LogP) is 6.97. The summed E-state index contributed by atoms with van der Waals surface area (Å²) in [7, 11) is 0. The molecule has 3 aromatic carbocycles. The first-order chi connectivity index (χ1) is 12.9. The summed E-state index contributed by atoms with van der Waals surface area (Å²) in [5, 5.41) is 0. The van der Waals surface area contributed by atoms with Crippen LogP contribution in [0.25, 0.3) is 0 Å². The summed E-state index contributed by atoms with van der Waals surface area (Å²) in [5.41, 5.74) is 4.56. The van der Waals surface area contributed by atoms with Crippen molar-refractivity contribution in [2.24, 2.45) is 5.92 Å². The molecule has 1 saturated carbocycles. The molecular formula is C26H28. The van der Waals surface area contributed by atoms with Gasteiger partial charge in [-0.2, -0.15) is 0 Å². The average molecular weight is 341 g/mol. The maximum absolute atomic E-state index is 2.34. The zero-order chi connectivity index (χ0) is 17.8. The minimum Gasteiger partial charge on any atom is -0.0654 e. The lowest BCUT2D eigenvalue weighted by Crippen LogP contribution is -2.14. The predicted molar refractivity (Wildman–Crippen MR) is 110 cm³/mol. The molecule has 26 heavy (non-hydrogen) atoms. The lowest BCUT2D eigenvalue weighted by atomic mass is 9.82. The van der Waals surface area contributed by atoms with Gasteiger partial charge in [-0.3, -0.25) is 0 Å². The van der Waals surface area contributed by atoms with Gasteiger partial charge in [0.2, 0.25) is 0 Å². The molecule has 1 aliphatic rings. The van der Waals surface area contributed by atoms with Gasteiger partial charge in [-0.25, -0.2) is 0 Å². The van der Waals surface area contributed by atoms with E-state index in [-0.39, 0.29) is 5.41 Å². The average Bonchev–Trinajstić information content (AvgIpc) is 3.40. The molecule has 0 amide bonds. The molecular weight excluding hydrogens is 312 g/mol.